The number of nitrogens with zero attached hydrogens (tertiary/aromatic N) is 2. The lowest BCUT2D eigenvalue weighted by molar-refractivity contribution is -0.133. The Bertz CT molecular complexity index is 871. The highest BCUT2D eigenvalue weighted by Crippen LogP contribution is 2.32. The Labute approximate surface area is 158 Å². The number of rotatable bonds is 4. The zero-order valence-electron chi connectivity index (χ0n) is 15.9. The molecule has 1 saturated heterocycles. The van der Waals surface area contributed by atoms with Crippen LogP contribution in [0.5, 0.6) is 0 Å². The van der Waals surface area contributed by atoms with Crippen LogP contribution in [0.4, 0.5) is 4.39 Å². The number of nitrogens with one attached hydrogen (secondary N) is 1. The van der Waals surface area contributed by atoms with Crippen LogP contribution in [-0.2, 0) is 4.79 Å². The Balaban J connectivity index is 1.57. The van der Waals surface area contributed by atoms with Crippen LogP contribution in [-0.4, -0.2) is 52.3 Å². The third-order valence-corrected chi connectivity index (χ3v) is 5.75. The molecule has 1 aliphatic carbocycles. The zero-order valence-corrected chi connectivity index (χ0v) is 15.9. The number of hydrogen-bond donors (Lipinski definition) is 1. The summed E-state index contributed by atoms with van der Waals surface area (Å²) < 4.78 is 13.4. The summed E-state index contributed by atoms with van der Waals surface area (Å²) in [6.07, 6.45) is 2.75. The molecular weight excluding hydrogens is 345 g/mol. The Hall–Kier alpha value is -2.37. The Morgan fingerprint density at radius 2 is 2.07 bits per heavy atom. The van der Waals surface area contributed by atoms with E-state index in [0.29, 0.717) is 36.5 Å². The monoisotopic (exact) mass is 371 g/mol. The Morgan fingerprint density at radius 3 is 2.78 bits per heavy atom. The van der Waals surface area contributed by atoms with Gasteiger partial charge in [-0.25, -0.2) is 4.39 Å². The molecule has 1 saturated carbocycles. The summed E-state index contributed by atoms with van der Waals surface area (Å²) in [5.74, 6) is 0.600. The average molecular weight is 371 g/mol. The van der Waals surface area contributed by atoms with E-state index in [4.69, 9.17) is 0 Å². The fourth-order valence-electron chi connectivity index (χ4n) is 3.93. The van der Waals surface area contributed by atoms with Gasteiger partial charge in [0.25, 0.3) is 5.91 Å². The molecule has 1 N–H and O–H groups in total. The molecule has 2 aliphatic rings. The van der Waals surface area contributed by atoms with Crippen molar-refractivity contribution in [1.82, 2.24) is 14.8 Å². The van der Waals surface area contributed by atoms with Crippen molar-refractivity contribution in [1.29, 1.82) is 0 Å². The maximum atomic E-state index is 13.4. The number of benzene rings is 1. The molecule has 1 aromatic heterocycles. The smallest absolute Gasteiger partial charge is 0.270 e. The van der Waals surface area contributed by atoms with E-state index in [1.165, 1.54) is 25.0 Å². The van der Waals surface area contributed by atoms with E-state index >= 15 is 0 Å². The molecule has 0 spiro atoms. The maximum absolute atomic E-state index is 13.4. The van der Waals surface area contributed by atoms with Gasteiger partial charge in [-0.3, -0.25) is 9.59 Å². The van der Waals surface area contributed by atoms with Gasteiger partial charge in [0, 0.05) is 37.0 Å². The lowest BCUT2D eigenvalue weighted by Crippen LogP contribution is -2.48. The van der Waals surface area contributed by atoms with E-state index < -0.39 is 0 Å². The van der Waals surface area contributed by atoms with E-state index in [2.05, 4.69) is 18.8 Å². The van der Waals surface area contributed by atoms with Crippen LogP contribution in [0.25, 0.3) is 10.9 Å². The topological polar surface area (TPSA) is 56.4 Å². The van der Waals surface area contributed by atoms with Crippen LogP contribution in [0, 0.1) is 17.7 Å². The van der Waals surface area contributed by atoms with Gasteiger partial charge in [-0.15, -0.1) is 0 Å². The number of aromatic amines is 1. The molecule has 0 bridgehead atoms. The van der Waals surface area contributed by atoms with Crippen LogP contribution in [0.2, 0.25) is 0 Å². The van der Waals surface area contributed by atoms with Crippen molar-refractivity contribution < 1.29 is 14.0 Å². The predicted molar refractivity (Wildman–Crippen MR) is 102 cm³/mol. The van der Waals surface area contributed by atoms with E-state index in [1.807, 2.05) is 4.90 Å². The van der Waals surface area contributed by atoms with Crippen LogP contribution >= 0.6 is 0 Å². The van der Waals surface area contributed by atoms with Crippen molar-refractivity contribution in [2.24, 2.45) is 11.8 Å². The molecule has 0 radical (unpaired) electrons. The lowest BCUT2D eigenvalue weighted by Gasteiger charge is -2.34. The van der Waals surface area contributed by atoms with Crippen LogP contribution < -0.4 is 0 Å². The SMILES string of the molecule is CC(C)[C@@H]1CN(C(=O)c2cc3cc(F)ccc3[nH]2)CCC(=O)N1CC1CC1. The summed E-state index contributed by atoms with van der Waals surface area (Å²) in [4.78, 5) is 32.7. The zero-order chi connectivity index (χ0) is 19.1. The first-order valence-corrected chi connectivity index (χ1v) is 9.79. The van der Waals surface area contributed by atoms with E-state index in [9.17, 15) is 14.0 Å². The maximum Gasteiger partial charge on any atom is 0.270 e. The first kappa shape index (κ1) is 18.0. The summed E-state index contributed by atoms with van der Waals surface area (Å²) in [6.45, 7) is 5.99. The number of H-pyrrole nitrogens is 1. The van der Waals surface area contributed by atoms with Gasteiger partial charge in [-0.05, 0) is 48.9 Å². The summed E-state index contributed by atoms with van der Waals surface area (Å²) in [7, 11) is 0. The summed E-state index contributed by atoms with van der Waals surface area (Å²) in [6, 6.07) is 6.17. The number of hydrogen-bond acceptors (Lipinski definition) is 2. The first-order chi connectivity index (χ1) is 12.9. The molecule has 5 nitrogen and oxygen atoms in total. The molecule has 1 atom stereocenters. The molecule has 4 rings (SSSR count). The minimum Gasteiger partial charge on any atom is -0.351 e. The number of halogens is 1. The largest absolute Gasteiger partial charge is 0.351 e. The number of aromatic nitrogens is 1. The van der Waals surface area contributed by atoms with Crippen molar-refractivity contribution in [3.05, 3.63) is 35.8 Å². The molecule has 2 heterocycles. The molecule has 2 amide bonds. The highest BCUT2D eigenvalue weighted by molar-refractivity contribution is 5.98. The number of carbonyl (C=O) groups is 2. The van der Waals surface area contributed by atoms with E-state index in [-0.39, 0.29) is 29.6 Å². The second-order valence-electron chi connectivity index (χ2n) is 8.22. The van der Waals surface area contributed by atoms with Gasteiger partial charge >= 0.3 is 0 Å². The summed E-state index contributed by atoms with van der Waals surface area (Å²) >= 11 is 0. The lowest BCUT2D eigenvalue weighted by atomic mass is 10.0. The van der Waals surface area contributed by atoms with Crippen LogP contribution in [0.1, 0.15) is 43.6 Å². The van der Waals surface area contributed by atoms with Crippen molar-refractivity contribution >= 4 is 22.7 Å². The summed E-state index contributed by atoms with van der Waals surface area (Å²) in [5.41, 5.74) is 1.18. The molecule has 2 fully saturated rings. The fourth-order valence-corrected chi connectivity index (χ4v) is 3.93. The second-order valence-corrected chi connectivity index (χ2v) is 8.22. The molecule has 144 valence electrons. The fraction of sp³-hybridized carbons (Fsp3) is 0.524. The second kappa shape index (κ2) is 6.98. The van der Waals surface area contributed by atoms with Gasteiger partial charge in [0.15, 0.2) is 0 Å². The van der Waals surface area contributed by atoms with Crippen molar-refractivity contribution in [3.8, 4) is 0 Å². The van der Waals surface area contributed by atoms with Crippen molar-refractivity contribution in [3.63, 3.8) is 0 Å². The third kappa shape index (κ3) is 3.70. The van der Waals surface area contributed by atoms with Gasteiger partial charge in [0.05, 0.1) is 6.04 Å². The van der Waals surface area contributed by atoms with Gasteiger partial charge in [-0.1, -0.05) is 13.8 Å². The highest BCUT2D eigenvalue weighted by atomic mass is 19.1. The van der Waals surface area contributed by atoms with Crippen LogP contribution in [0.3, 0.4) is 0 Å². The molecule has 6 heteroatoms. The number of amides is 2. The standard InChI is InChI=1S/C21H26FN3O2/c1-13(2)19-12-24(8-7-20(26)25(19)11-14-3-4-14)21(27)18-10-15-9-16(22)5-6-17(15)23-18/h5-6,9-10,13-14,19,23H,3-4,7-8,11-12H2,1-2H3/t19-/m0/s1. The minimum absolute atomic E-state index is 0.0337. The van der Waals surface area contributed by atoms with E-state index in [1.54, 1.807) is 17.0 Å². The van der Waals surface area contributed by atoms with E-state index in [0.717, 1.165) is 12.1 Å². The molecule has 27 heavy (non-hydrogen) atoms. The van der Waals surface area contributed by atoms with Crippen LogP contribution in [0.15, 0.2) is 24.3 Å². The summed E-state index contributed by atoms with van der Waals surface area (Å²) in [5, 5.41) is 0.681. The number of carbonyl (C=O) groups excluding carboxylic acids is 2. The predicted octanol–water partition coefficient (Wildman–Crippen LogP) is 3.42. The highest BCUT2D eigenvalue weighted by Gasteiger charge is 2.37. The number of fused-ring (bicyclic) bond motifs is 1. The molecule has 2 aromatic rings. The normalized spacial score (nSPS) is 21.2. The van der Waals surface area contributed by atoms with Gasteiger partial charge in [-0.2, -0.15) is 0 Å². The first-order valence-electron chi connectivity index (χ1n) is 9.79. The van der Waals surface area contributed by atoms with Crippen molar-refractivity contribution in [2.45, 2.75) is 39.2 Å². The third-order valence-electron chi connectivity index (χ3n) is 5.75. The molecule has 1 aromatic carbocycles. The molecular formula is C21H26FN3O2. The molecule has 1 aliphatic heterocycles. The average Bonchev–Trinajstić information content (AvgIpc) is 3.38. The Kier molecular flexibility index (Phi) is 4.66. The Morgan fingerprint density at radius 1 is 1.30 bits per heavy atom. The molecule has 0 unspecified atom stereocenters. The van der Waals surface area contributed by atoms with Gasteiger partial charge in [0.1, 0.15) is 11.5 Å². The minimum atomic E-state index is -0.323. The quantitative estimate of drug-likeness (QED) is 0.895. The van der Waals surface area contributed by atoms with Gasteiger partial charge in [0.2, 0.25) is 5.91 Å². The van der Waals surface area contributed by atoms with Gasteiger partial charge < -0.3 is 14.8 Å². The van der Waals surface area contributed by atoms with Crippen molar-refractivity contribution in [2.75, 3.05) is 19.6 Å².